The fourth-order valence-corrected chi connectivity index (χ4v) is 4.01. The summed E-state index contributed by atoms with van der Waals surface area (Å²) in [5.74, 6) is 0.792. The minimum absolute atomic E-state index is 0.0000730. The average molecular weight is 379 g/mol. The molecule has 0 spiro atoms. The molecule has 1 aliphatic rings. The second kappa shape index (κ2) is 7.84. The Bertz CT molecular complexity index is 927. The van der Waals surface area contributed by atoms with Crippen LogP contribution in [0.25, 0.3) is 0 Å². The molecule has 1 aliphatic heterocycles. The van der Waals surface area contributed by atoms with E-state index in [1.54, 1.807) is 0 Å². The van der Waals surface area contributed by atoms with Crippen LogP contribution in [0.15, 0.2) is 48.5 Å². The summed E-state index contributed by atoms with van der Waals surface area (Å²) in [7, 11) is 0. The van der Waals surface area contributed by atoms with E-state index in [4.69, 9.17) is 4.98 Å². The van der Waals surface area contributed by atoms with Crippen LogP contribution < -0.4 is 5.32 Å². The molecule has 3 heterocycles. The van der Waals surface area contributed by atoms with Crippen molar-refractivity contribution in [2.24, 2.45) is 0 Å². The van der Waals surface area contributed by atoms with E-state index in [1.165, 1.54) is 11.3 Å². The first-order valence-corrected chi connectivity index (χ1v) is 9.98. The third-order valence-electron chi connectivity index (χ3n) is 4.65. The number of rotatable bonds is 5. The lowest BCUT2D eigenvalue weighted by Gasteiger charge is -2.24. The van der Waals surface area contributed by atoms with Gasteiger partial charge in [-0.2, -0.15) is 0 Å². The van der Waals surface area contributed by atoms with Crippen LogP contribution in [0, 0.1) is 0 Å². The average Bonchev–Trinajstić information content (AvgIpc) is 3.38. The molecule has 0 bridgehead atoms. The van der Waals surface area contributed by atoms with Crippen LogP contribution in [0.4, 0.5) is 10.9 Å². The molecule has 0 unspecified atom stereocenters. The van der Waals surface area contributed by atoms with Crippen LogP contribution in [0.5, 0.6) is 0 Å². The predicted molar refractivity (Wildman–Crippen MR) is 106 cm³/mol. The monoisotopic (exact) mass is 379 g/mol. The second-order valence-corrected chi connectivity index (χ2v) is 7.51. The fraction of sp³-hybridized carbons (Fsp3) is 0.300. The number of aryl methyl sites for hydroxylation is 1. The largest absolute Gasteiger partial charge is 0.330 e. The summed E-state index contributed by atoms with van der Waals surface area (Å²) in [5.41, 5.74) is 1.63. The number of carbonyl (C=O) groups excluding carboxylic acids is 1. The van der Waals surface area contributed by atoms with Crippen LogP contribution in [0.3, 0.4) is 0 Å². The van der Waals surface area contributed by atoms with Crippen molar-refractivity contribution in [3.05, 3.63) is 64.8 Å². The summed E-state index contributed by atoms with van der Waals surface area (Å²) in [6.45, 7) is 2.82. The number of hydrogen-bond donors (Lipinski definition) is 1. The number of nitrogens with one attached hydrogen (secondary N) is 1. The Morgan fingerprint density at radius 2 is 2.04 bits per heavy atom. The van der Waals surface area contributed by atoms with Crippen molar-refractivity contribution >= 4 is 28.2 Å². The Hall–Kier alpha value is -2.80. The van der Waals surface area contributed by atoms with Crippen molar-refractivity contribution in [3.63, 3.8) is 0 Å². The lowest BCUT2D eigenvalue weighted by atomic mass is 10.1. The van der Waals surface area contributed by atoms with Crippen LogP contribution >= 0.6 is 11.3 Å². The van der Waals surface area contributed by atoms with Crippen molar-refractivity contribution in [2.75, 3.05) is 11.9 Å². The summed E-state index contributed by atoms with van der Waals surface area (Å²) in [5, 5.41) is 13.2. The van der Waals surface area contributed by atoms with E-state index in [9.17, 15) is 4.79 Å². The molecule has 6 nitrogen and oxygen atoms in total. The van der Waals surface area contributed by atoms with E-state index in [1.807, 2.05) is 53.4 Å². The number of carbonyl (C=O) groups is 1. The van der Waals surface area contributed by atoms with Gasteiger partial charge in [0.1, 0.15) is 10.8 Å². The summed E-state index contributed by atoms with van der Waals surface area (Å²) in [4.78, 5) is 19.6. The van der Waals surface area contributed by atoms with Crippen LogP contribution in [0.1, 0.15) is 46.9 Å². The highest BCUT2D eigenvalue weighted by Crippen LogP contribution is 2.33. The van der Waals surface area contributed by atoms with Crippen LogP contribution in [0.2, 0.25) is 0 Å². The summed E-state index contributed by atoms with van der Waals surface area (Å²) in [6.07, 6.45) is 2.78. The maximum absolute atomic E-state index is 12.9. The van der Waals surface area contributed by atoms with Gasteiger partial charge in [0, 0.05) is 12.1 Å². The third-order valence-corrected chi connectivity index (χ3v) is 5.63. The highest BCUT2D eigenvalue weighted by atomic mass is 32.1. The molecule has 138 valence electrons. The first-order valence-electron chi connectivity index (χ1n) is 9.17. The van der Waals surface area contributed by atoms with Crippen LogP contribution in [-0.2, 0) is 6.42 Å². The topological polar surface area (TPSA) is 71.0 Å². The third kappa shape index (κ3) is 3.83. The molecule has 3 aromatic rings. The highest BCUT2D eigenvalue weighted by Gasteiger charge is 2.31. The first kappa shape index (κ1) is 17.6. The summed E-state index contributed by atoms with van der Waals surface area (Å²) in [6, 6.07) is 15.3. The Morgan fingerprint density at radius 3 is 2.81 bits per heavy atom. The summed E-state index contributed by atoms with van der Waals surface area (Å²) >= 11 is 1.53. The van der Waals surface area contributed by atoms with Gasteiger partial charge < -0.3 is 10.2 Å². The number of anilines is 2. The molecule has 0 radical (unpaired) electrons. The molecule has 0 saturated carbocycles. The summed E-state index contributed by atoms with van der Waals surface area (Å²) < 4.78 is 0. The van der Waals surface area contributed by atoms with E-state index in [0.717, 1.165) is 53.0 Å². The minimum atomic E-state index is 0.0000730. The Morgan fingerprint density at radius 1 is 1.19 bits per heavy atom. The van der Waals surface area contributed by atoms with Gasteiger partial charge in [0.2, 0.25) is 5.13 Å². The fourth-order valence-electron chi connectivity index (χ4n) is 3.33. The number of nitrogens with zero attached hydrogens (tertiary/aromatic N) is 4. The molecule has 7 heteroatoms. The van der Waals surface area contributed by atoms with Crippen molar-refractivity contribution in [3.8, 4) is 0 Å². The first-order chi connectivity index (χ1) is 13.2. The van der Waals surface area contributed by atoms with Gasteiger partial charge in [-0.1, -0.05) is 42.5 Å². The minimum Gasteiger partial charge on any atom is -0.330 e. The molecular formula is C20H21N5OS. The van der Waals surface area contributed by atoms with Crippen molar-refractivity contribution in [1.29, 1.82) is 0 Å². The number of benzene rings is 1. The number of pyridine rings is 1. The van der Waals surface area contributed by atoms with E-state index in [0.29, 0.717) is 0 Å². The molecule has 1 aromatic carbocycles. The Kier molecular flexibility index (Phi) is 5.11. The SMILES string of the molecule is CCc1nnc(Nc2cccc([C@@H]3CCCN3C(=O)c3ccccc3)n2)s1. The lowest BCUT2D eigenvalue weighted by Crippen LogP contribution is -2.31. The molecule has 1 fully saturated rings. The van der Waals surface area contributed by atoms with Gasteiger partial charge in [-0.3, -0.25) is 4.79 Å². The molecule has 1 atom stereocenters. The molecule has 1 N–H and O–H groups in total. The molecule has 1 saturated heterocycles. The standard InChI is InChI=1S/C20H21N5OS/c1-2-18-23-24-20(27-18)22-17-12-6-10-15(21-17)16-11-7-13-25(16)19(26)14-8-4-3-5-9-14/h3-6,8-10,12,16H,2,7,11,13H2,1H3,(H,21,22,24)/t16-/m0/s1. The zero-order valence-corrected chi connectivity index (χ0v) is 15.9. The Balaban J connectivity index is 1.54. The van der Waals surface area contributed by atoms with Gasteiger partial charge in [-0.15, -0.1) is 10.2 Å². The maximum atomic E-state index is 12.9. The second-order valence-electron chi connectivity index (χ2n) is 6.45. The van der Waals surface area contributed by atoms with Gasteiger partial charge in [0.25, 0.3) is 5.91 Å². The van der Waals surface area contributed by atoms with Crippen molar-refractivity contribution < 1.29 is 4.79 Å². The highest BCUT2D eigenvalue weighted by molar-refractivity contribution is 7.15. The molecule has 4 rings (SSSR count). The smallest absolute Gasteiger partial charge is 0.254 e. The number of aromatic nitrogens is 3. The lowest BCUT2D eigenvalue weighted by molar-refractivity contribution is 0.0733. The van der Waals surface area contributed by atoms with Crippen LogP contribution in [-0.4, -0.2) is 32.5 Å². The number of likely N-dealkylation sites (tertiary alicyclic amines) is 1. The zero-order valence-electron chi connectivity index (χ0n) is 15.1. The van der Waals surface area contributed by atoms with E-state index in [2.05, 4.69) is 22.4 Å². The van der Waals surface area contributed by atoms with Gasteiger partial charge in [0.05, 0.1) is 11.7 Å². The number of hydrogen-bond acceptors (Lipinski definition) is 6. The van der Waals surface area contributed by atoms with Gasteiger partial charge >= 0.3 is 0 Å². The Labute approximate surface area is 162 Å². The quantitative estimate of drug-likeness (QED) is 0.719. The maximum Gasteiger partial charge on any atom is 0.254 e. The van der Waals surface area contributed by atoms with Crippen molar-refractivity contribution in [2.45, 2.75) is 32.2 Å². The molecule has 1 amide bonds. The van der Waals surface area contributed by atoms with E-state index < -0.39 is 0 Å². The van der Waals surface area contributed by atoms with Gasteiger partial charge in [-0.05, 0) is 43.5 Å². The zero-order chi connectivity index (χ0) is 18.6. The molecule has 27 heavy (non-hydrogen) atoms. The normalized spacial score (nSPS) is 16.5. The van der Waals surface area contributed by atoms with Crippen molar-refractivity contribution in [1.82, 2.24) is 20.1 Å². The molecule has 2 aromatic heterocycles. The van der Waals surface area contributed by atoms with E-state index in [-0.39, 0.29) is 11.9 Å². The van der Waals surface area contributed by atoms with E-state index >= 15 is 0 Å². The van der Waals surface area contributed by atoms with Gasteiger partial charge in [0.15, 0.2) is 0 Å². The van der Waals surface area contributed by atoms with Gasteiger partial charge in [-0.25, -0.2) is 4.98 Å². The molecule has 0 aliphatic carbocycles. The molecular weight excluding hydrogens is 358 g/mol. The predicted octanol–water partition coefficient (Wildman–Crippen LogP) is 4.22. The number of amides is 1.